The van der Waals surface area contributed by atoms with Crippen molar-refractivity contribution < 1.29 is 0 Å². The van der Waals surface area contributed by atoms with E-state index in [1.807, 2.05) is 11.8 Å². The van der Waals surface area contributed by atoms with Crippen LogP contribution in [0.25, 0.3) is 0 Å². The van der Waals surface area contributed by atoms with Crippen LogP contribution >= 0.6 is 11.8 Å². The van der Waals surface area contributed by atoms with Crippen molar-refractivity contribution in [3.63, 3.8) is 0 Å². The highest BCUT2D eigenvalue weighted by atomic mass is 32.2. The summed E-state index contributed by atoms with van der Waals surface area (Å²) in [5, 5.41) is 0.749. The molecule has 0 nitrogen and oxygen atoms in total. The molecule has 1 atom stereocenters. The molecule has 13 heavy (non-hydrogen) atoms. The second-order valence-electron chi connectivity index (χ2n) is 3.67. The fraction of sp³-hybridized carbons (Fsp3) is 0.500. The second kappa shape index (κ2) is 4.19. The number of hydrogen-bond donors (Lipinski definition) is 0. The number of fused-ring (bicyclic) bond motifs is 1. The van der Waals surface area contributed by atoms with Gasteiger partial charge in [-0.2, -0.15) is 11.8 Å². The lowest BCUT2D eigenvalue weighted by Gasteiger charge is -2.14. The highest BCUT2D eigenvalue weighted by Gasteiger charge is 2.16. The Balaban J connectivity index is 2.35. The molecule has 2 rings (SSSR count). The fourth-order valence-electron chi connectivity index (χ4n) is 2.12. The van der Waals surface area contributed by atoms with Gasteiger partial charge in [-0.3, -0.25) is 0 Å². The Morgan fingerprint density at radius 3 is 2.92 bits per heavy atom. The standard InChI is InChI=1S/C12H16S/c1-13-12-9-5-3-7-10-6-2-4-8-11(10)12/h2,4,6,8,12H,3,5,7,9H2,1H3. The molecule has 0 saturated heterocycles. The summed E-state index contributed by atoms with van der Waals surface area (Å²) < 4.78 is 0. The lowest BCUT2D eigenvalue weighted by atomic mass is 10.0. The van der Waals surface area contributed by atoms with Gasteiger partial charge in [0, 0.05) is 5.25 Å². The van der Waals surface area contributed by atoms with Gasteiger partial charge in [-0.25, -0.2) is 0 Å². The lowest BCUT2D eigenvalue weighted by molar-refractivity contribution is 0.704. The van der Waals surface area contributed by atoms with Crippen LogP contribution in [-0.4, -0.2) is 6.26 Å². The van der Waals surface area contributed by atoms with E-state index in [4.69, 9.17) is 0 Å². The molecule has 0 aromatic heterocycles. The molecule has 0 amide bonds. The van der Waals surface area contributed by atoms with Gasteiger partial charge in [-0.1, -0.05) is 30.7 Å². The summed E-state index contributed by atoms with van der Waals surface area (Å²) in [7, 11) is 0. The van der Waals surface area contributed by atoms with Crippen LogP contribution in [0.4, 0.5) is 0 Å². The predicted molar refractivity (Wildman–Crippen MR) is 60.3 cm³/mol. The van der Waals surface area contributed by atoms with E-state index in [0.29, 0.717) is 0 Å². The smallest absolute Gasteiger partial charge is 0.0297 e. The summed E-state index contributed by atoms with van der Waals surface area (Å²) in [5.74, 6) is 0. The lowest BCUT2D eigenvalue weighted by Crippen LogP contribution is -1.94. The third-order valence-electron chi connectivity index (χ3n) is 2.85. The topological polar surface area (TPSA) is 0 Å². The summed E-state index contributed by atoms with van der Waals surface area (Å²) >= 11 is 2.00. The van der Waals surface area contributed by atoms with Gasteiger partial charge in [0.25, 0.3) is 0 Å². The molecule has 0 radical (unpaired) electrons. The van der Waals surface area contributed by atoms with Crippen molar-refractivity contribution in [3.8, 4) is 0 Å². The van der Waals surface area contributed by atoms with Crippen LogP contribution in [0.3, 0.4) is 0 Å². The maximum Gasteiger partial charge on any atom is 0.0297 e. The quantitative estimate of drug-likeness (QED) is 0.610. The Morgan fingerprint density at radius 1 is 1.23 bits per heavy atom. The van der Waals surface area contributed by atoms with Crippen LogP contribution in [-0.2, 0) is 6.42 Å². The van der Waals surface area contributed by atoms with Gasteiger partial charge in [-0.15, -0.1) is 0 Å². The number of thioether (sulfide) groups is 1. The zero-order valence-corrected chi connectivity index (χ0v) is 8.94. The molecule has 1 unspecified atom stereocenters. The molecule has 1 aliphatic carbocycles. The summed E-state index contributed by atoms with van der Waals surface area (Å²) in [4.78, 5) is 0. The molecule has 0 heterocycles. The summed E-state index contributed by atoms with van der Waals surface area (Å²) in [6.45, 7) is 0. The summed E-state index contributed by atoms with van der Waals surface area (Å²) in [5.41, 5.74) is 3.17. The average Bonchev–Trinajstić information content (AvgIpc) is 2.39. The van der Waals surface area contributed by atoms with Crippen molar-refractivity contribution in [2.75, 3.05) is 6.26 Å². The van der Waals surface area contributed by atoms with Gasteiger partial charge in [-0.05, 0) is 36.6 Å². The van der Waals surface area contributed by atoms with E-state index in [2.05, 4.69) is 30.5 Å². The molecule has 70 valence electrons. The zero-order valence-electron chi connectivity index (χ0n) is 8.12. The van der Waals surface area contributed by atoms with Gasteiger partial charge in [0.05, 0.1) is 0 Å². The molecule has 0 bridgehead atoms. The summed E-state index contributed by atoms with van der Waals surface area (Å²) in [6, 6.07) is 8.95. The number of benzene rings is 1. The first-order valence-corrected chi connectivity index (χ1v) is 6.31. The Kier molecular flexibility index (Phi) is 2.94. The van der Waals surface area contributed by atoms with Crippen LogP contribution in [0.2, 0.25) is 0 Å². The van der Waals surface area contributed by atoms with Crippen LogP contribution in [0, 0.1) is 0 Å². The summed E-state index contributed by atoms with van der Waals surface area (Å²) in [6.07, 6.45) is 7.63. The molecule has 0 N–H and O–H groups in total. The van der Waals surface area contributed by atoms with E-state index in [1.165, 1.54) is 25.7 Å². The first-order chi connectivity index (χ1) is 6.42. The highest BCUT2D eigenvalue weighted by molar-refractivity contribution is 7.98. The van der Waals surface area contributed by atoms with Crippen LogP contribution < -0.4 is 0 Å². The SMILES string of the molecule is CSC1CCCCc2ccccc21. The molecule has 0 aliphatic heterocycles. The molecule has 0 spiro atoms. The molecule has 1 heteroatoms. The minimum atomic E-state index is 0.749. The second-order valence-corrected chi connectivity index (χ2v) is 4.71. The van der Waals surface area contributed by atoms with Gasteiger partial charge in [0.1, 0.15) is 0 Å². The normalized spacial score (nSPS) is 22.1. The third kappa shape index (κ3) is 1.91. The van der Waals surface area contributed by atoms with Gasteiger partial charge in [0.15, 0.2) is 0 Å². The number of aryl methyl sites for hydroxylation is 1. The van der Waals surface area contributed by atoms with Crippen molar-refractivity contribution in [2.45, 2.75) is 30.9 Å². The molecule has 1 aromatic rings. The van der Waals surface area contributed by atoms with Crippen LogP contribution in [0.1, 0.15) is 35.6 Å². The van der Waals surface area contributed by atoms with Crippen molar-refractivity contribution in [2.24, 2.45) is 0 Å². The molecule has 1 aliphatic rings. The fourth-order valence-corrected chi connectivity index (χ4v) is 3.01. The van der Waals surface area contributed by atoms with E-state index in [-0.39, 0.29) is 0 Å². The van der Waals surface area contributed by atoms with E-state index in [9.17, 15) is 0 Å². The van der Waals surface area contributed by atoms with E-state index in [1.54, 1.807) is 11.1 Å². The predicted octanol–water partition coefficient (Wildman–Crippen LogP) is 3.82. The van der Waals surface area contributed by atoms with Crippen molar-refractivity contribution in [3.05, 3.63) is 35.4 Å². The Labute approximate surface area is 84.7 Å². The monoisotopic (exact) mass is 192 g/mol. The van der Waals surface area contributed by atoms with Crippen molar-refractivity contribution in [1.82, 2.24) is 0 Å². The average molecular weight is 192 g/mol. The Morgan fingerprint density at radius 2 is 2.08 bits per heavy atom. The minimum Gasteiger partial charge on any atom is -0.157 e. The number of rotatable bonds is 1. The Hall–Kier alpha value is -0.430. The van der Waals surface area contributed by atoms with Crippen LogP contribution in [0.5, 0.6) is 0 Å². The zero-order chi connectivity index (χ0) is 9.10. The first kappa shape index (κ1) is 9.14. The van der Waals surface area contributed by atoms with E-state index < -0.39 is 0 Å². The van der Waals surface area contributed by atoms with Gasteiger partial charge in [0.2, 0.25) is 0 Å². The third-order valence-corrected chi connectivity index (χ3v) is 3.91. The maximum atomic E-state index is 2.31. The molecular weight excluding hydrogens is 176 g/mol. The minimum absolute atomic E-state index is 0.749. The molecule has 1 aromatic carbocycles. The first-order valence-electron chi connectivity index (χ1n) is 5.02. The Bertz CT molecular complexity index is 280. The van der Waals surface area contributed by atoms with Crippen molar-refractivity contribution >= 4 is 11.8 Å². The van der Waals surface area contributed by atoms with E-state index in [0.717, 1.165) is 5.25 Å². The van der Waals surface area contributed by atoms with Gasteiger partial charge >= 0.3 is 0 Å². The molecule has 0 fully saturated rings. The maximum absolute atomic E-state index is 2.31. The number of hydrogen-bond acceptors (Lipinski definition) is 1. The highest BCUT2D eigenvalue weighted by Crippen LogP contribution is 2.36. The molecule has 0 saturated carbocycles. The van der Waals surface area contributed by atoms with Gasteiger partial charge < -0.3 is 0 Å². The van der Waals surface area contributed by atoms with Crippen LogP contribution in [0.15, 0.2) is 24.3 Å². The van der Waals surface area contributed by atoms with Crippen molar-refractivity contribution in [1.29, 1.82) is 0 Å². The largest absolute Gasteiger partial charge is 0.157 e. The molecular formula is C12H16S. The van der Waals surface area contributed by atoms with E-state index >= 15 is 0 Å².